The van der Waals surface area contributed by atoms with Crippen LogP contribution in [0.5, 0.6) is 0 Å². The van der Waals surface area contributed by atoms with Crippen LogP contribution in [0.1, 0.15) is 348 Å². The van der Waals surface area contributed by atoms with E-state index in [-0.39, 0.29) is 47.5 Å². The third-order valence-electron chi connectivity index (χ3n) is 16.9. The number of thiol groups is 6. The Balaban J connectivity index is 0. The van der Waals surface area contributed by atoms with Crippen molar-refractivity contribution in [1.29, 1.82) is 0 Å². The van der Waals surface area contributed by atoms with Crippen molar-refractivity contribution in [3.8, 4) is 0 Å². The van der Waals surface area contributed by atoms with Crippen LogP contribution in [0.2, 0.25) is 0 Å². The van der Waals surface area contributed by atoms with E-state index in [1.54, 1.807) is 0 Å². The van der Waals surface area contributed by atoms with E-state index >= 15 is 0 Å². The van der Waals surface area contributed by atoms with E-state index in [4.69, 9.17) is 61.5 Å². The molecule has 0 spiro atoms. The number of carbonyl (C=O) groups excluding carboxylic acids is 5. The van der Waals surface area contributed by atoms with Crippen LogP contribution in [0.25, 0.3) is 0 Å². The van der Waals surface area contributed by atoms with Gasteiger partial charge in [-0.3, -0.25) is 19.2 Å². The van der Waals surface area contributed by atoms with E-state index in [1.165, 1.54) is 199 Å². The molecule has 0 bridgehead atoms. The minimum absolute atomic E-state index is 0.0351. The van der Waals surface area contributed by atoms with Crippen LogP contribution in [0.4, 0.5) is 0 Å². The van der Waals surface area contributed by atoms with Crippen LogP contribution in [0.15, 0.2) is 5.57 Å². The van der Waals surface area contributed by atoms with Crippen LogP contribution < -0.4 is 0 Å². The van der Waals surface area contributed by atoms with Crippen molar-refractivity contribution in [2.24, 2.45) is 5.92 Å². The molecule has 0 saturated carbocycles. The summed E-state index contributed by atoms with van der Waals surface area (Å²) >= 11 is 32.0. The molecular weight excluding hydrogens is 1250 g/mol. The minimum atomic E-state index is -1.05. The fourth-order valence-corrected chi connectivity index (χ4v) is 12.7. The Morgan fingerprint density at radius 1 is 0.416 bits per heavy atom. The van der Waals surface area contributed by atoms with Gasteiger partial charge in [0.2, 0.25) is 0 Å². The zero-order chi connectivity index (χ0) is 66.0. The summed E-state index contributed by atoms with van der Waals surface area (Å²) in [5, 5.41) is 8.64. The van der Waals surface area contributed by atoms with Gasteiger partial charge in [-0.25, -0.2) is 4.79 Å². The summed E-state index contributed by atoms with van der Waals surface area (Å²) < 4.78 is 19.8. The van der Waals surface area contributed by atoms with Crippen LogP contribution in [-0.2, 0) is 42.9 Å². The fourth-order valence-electron chi connectivity index (χ4n) is 11.0. The molecule has 3 unspecified atom stereocenters. The Morgan fingerprint density at radius 3 is 1.07 bits per heavy atom. The van der Waals surface area contributed by atoms with Crippen LogP contribution >= 0.6 is 88.0 Å². The van der Waals surface area contributed by atoms with Gasteiger partial charge in [0.05, 0.1) is 32.7 Å². The van der Waals surface area contributed by atoms with E-state index in [0.717, 1.165) is 83.5 Å². The summed E-state index contributed by atoms with van der Waals surface area (Å²) in [6, 6.07) is 0. The van der Waals surface area contributed by atoms with Gasteiger partial charge in [-0.1, -0.05) is 277 Å². The number of aliphatic hydroxyl groups is 1. The van der Waals surface area contributed by atoms with Gasteiger partial charge >= 0.3 is 23.9 Å². The topological polar surface area (TPSA) is 143 Å². The van der Waals surface area contributed by atoms with Gasteiger partial charge in [-0.05, 0) is 69.5 Å². The number of rotatable bonds is 66. The first-order valence-corrected chi connectivity index (χ1v) is 40.1. The number of carbonyl (C=O) groups is 4. The zero-order valence-electron chi connectivity index (χ0n) is 56.7. The molecule has 0 radical (unpaired) electrons. The first kappa shape index (κ1) is 90.5. The van der Waals surface area contributed by atoms with Crippen LogP contribution in [0.3, 0.4) is 0 Å². The molecule has 0 amide bonds. The second-order valence-corrected chi connectivity index (χ2v) is 28.9. The van der Waals surface area contributed by atoms with E-state index in [0.29, 0.717) is 87.8 Å². The molecule has 0 aromatic carbocycles. The molecule has 17 heteroatoms. The molecule has 0 aliphatic carbocycles. The summed E-state index contributed by atoms with van der Waals surface area (Å²) in [5.41, 5.74) is 0.455. The smallest absolute Gasteiger partial charge is 0.322 e. The molecule has 10 nitrogen and oxygen atoms in total. The molecule has 0 aliphatic heterocycles. The van der Waals surface area contributed by atoms with Gasteiger partial charge in [0.15, 0.2) is 5.05 Å². The lowest BCUT2D eigenvalue weighted by Crippen LogP contribution is -2.37. The fraction of sp³-hybridized carbons (Fsp3) is 0.903. The van der Waals surface area contributed by atoms with Gasteiger partial charge in [0, 0.05) is 41.6 Å². The number of ether oxygens (including phenoxy) is 4. The van der Waals surface area contributed by atoms with E-state index in [9.17, 15) is 24.0 Å². The predicted molar refractivity (Wildman–Crippen MR) is 402 cm³/mol. The predicted octanol–water partition coefficient (Wildman–Crippen LogP) is 21.2. The van der Waals surface area contributed by atoms with Crippen molar-refractivity contribution in [3.63, 3.8) is 0 Å². The van der Waals surface area contributed by atoms with E-state index < -0.39 is 15.5 Å². The SMILES string of the molecule is CCCCCCCCCCCCCCCCCCOC(=O)C(S)(CS)CCCCCCC(CCCC(S)(CS)C(=O)OCCCCCCCCCCCCCCCCCC)C(=C=O)CC(=S)OC(=O)CCS.O=C(CCS)OCCCCCCCCCCO. The number of hydrogen-bond donors (Lipinski definition) is 7. The summed E-state index contributed by atoms with van der Waals surface area (Å²) in [6.07, 6.45) is 57.3. The van der Waals surface area contributed by atoms with Crippen molar-refractivity contribution in [2.75, 3.05) is 49.4 Å². The molecule has 0 fully saturated rings. The molecule has 0 aromatic rings. The summed E-state index contributed by atoms with van der Waals surface area (Å²) in [5.74, 6) is 2.10. The van der Waals surface area contributed by atoms with Gasteiger partial charge in [-0.15, -0.1) is 0 Å². The highest BCUT2D eigenvalue weighted by molar-refractivity contribution is 7.86. The Labute approximate surface area is 584 Å². The summed E-state index contributed by atoms with van der Waals surface area (Å²) in [4.78, 5) is 61.9. The number of unbranched alkanes of at least 4 members (excludes halogenated alkanes) is 40. The zero-order valence-corrected chi connectivity index (χ0v) is 62.9. The maximum absolute atomic E-state index is 13.3. The monoisotopic (exact) mass is 1380 g/mol. The summed E-state index contributed by atoms with van der Waals surface area (Å²) in [7, 11) is 0. The molecular formula is C72H134O10S7. The maximum atomic E-state index is 13.3. The average molecular weight is 1380 g/mol. The largest absolute Gasteiger partial charge is 0.466 e. The normalized spacial score (nSPS) is 12.9. The number of hydrogen-bond acceptors (Lipinski definition) is 17. The third-order valence-corrected chi connectivity index (χ3v) is 20.3. The minimum Gasteiger partial charge on any atom is -0.466 e. The highest BCUT2D eigenvalue weighted by Crippen LogP contribution is 2.33. The molecule has 3 atom stereocenters. The van der Waals surface area contributed by atoms with Crippen molar-refractivity contribution in [3.05, 3.63) is 5.57 Å². The Hall–Kier alpha value is -0.520. The highest BCUT2D eigenvalue weighted by Gasteiger charge is 2.36. The van der Waals surface area contributed by atoms with Crippen LogP contribution in [-0.4, -0.2) is 98.9 Å². The standard InChI is InChI=1S/C59H108O7S6.C13H26O3S/c1-3-5-7-9-11-13-15-17-19-21-23-25-27-29-33-37-45-64-56(62)58(71,50-68)43-36-32-31-35-40-52(53(49-60)48-55(70)66-54(61)42-47-67)41-39-44-59(72,51-69)57(63)65-46-38-34-30-28-26-24-22-20-18-16-14-12-10-8-6-4-2;14-10-7-5-3-1-2-4-6-8-11-16-13(15)9-12-17/h52,67-69,71-72H,3-48,50-51H2,1-2H3;14,17H,1-12H2. The van der Waals surface area contributed by atoms with E-state index in [1.807, 2.05) is 0 Å². The summed E-state index contributed by atoms with van der Waals surface area (Å²) in [6.45, 7) is 6.21. The van der Waals surface area contributed by atoms with Crippen molar-refractivity contribution in [1.82, 2.24) is 0 Å². The van der Waals surface area contributed by atoms with E-state index in [2.05, 4.69) is 70.3 Å². The molecule has 89 heavy (non-hydrogen) atoms. The number of esters is 4. The first-order chi connectivity index (χ1) is 43.3. The van der Waals surface area contributed by atoms with Crippen molar-refractivity contribution < 1.29 is 48.0 Å². The molecule has 0 aliphatic rings. The lowest BCUT2D eigenvalue weighted by Gasteiger charge is -2.26. The van der Waals surface area contributed by atoms with Crippen LogP contribution in [0, 0.1) is 5.92 Å². The molecule has 0 saturated heterocycles. The van der Waals surface area contributed by atoms with Crippen molar-refractivity contribution >= 4 is 123 Å². The van der Waals surface area contributed by atoms with Crippen molar-refractivity contribution in [2.45, 2.75) is 357 Å². The average Bonchev–Trinajstić information content (AvgIpc) is 3.66. The third kappa shape index (κ3) is 58.6. The quantitative estimate of drug-likeness (QED) is 0.00781. The Kier molecular flexibility index (Phi) is 70.0. The van der Waals surface area contributed by atoms with Gasteiger partial charge < -0.3 is 24.1 Å². The van der Waals surface area contributed by atoms with Gasteiger partial charge in [0.25, 0.3) is 0 Å². The second kappa shape index (κ2) is 68.9. The molecule has 0 heterocycles. The lowest BCUT2D eigenvalue weighted by atomic mass is 9.86. The lowest BCUT2D eigenvalue weighted by molar-refractivity contribution is -0.147. The number of aliphatic hydroxyl groups excluding tert-OH is 1. The van der Waals surface area contributed by atoms with Gasteiger partial charge in [-0.2, -0.15) is 75.8 Å². The molecule has 524 valence electrons. The number of thiocarbonyl (C=S) groups is 1. The first-order valence-electron chi connectivity index (χ1n) is 36.2. The molecule has 0 rings (SSSR count). The Bertz CT molecular complexity index is 1700. The second-order valence-electron chi connectivity index (χ2n) is 25.2. The maximum Gasteiger partial charge on any atom is 0.322 e. The Morgan fingerprint density at radius 2 is 0.719 bits per heavy atom. The molecule has 0 aromatic heterocycles. The molecule has 1 N–H and O–H groups in total. The highest BCUT2D eigenvalue weighted by atomic mass is 32.1. The van der Waals surface area contributed by atoms with Gasteiger partial charge in [0.1, 0.15) is 15.4 Å².